The van der Waals surface area contributed by atoms with Crippen LogP contribution >= 0.6 is 24.0 Å². The highest BCUT2D eigenvalue weighted by Crippen LogP contribution is 2.39. The van der Waals surface area contributed by atoms with Crippen LogP contribution in [0.3, 0.4) is 0 Å². The fourth-order valence-corrected chi connectivity index (χ4v) is 6.16. The van der Waals surface area contributed by atoms with Crippen molar-refractivity contribution >= 4 is 45.8 Å². The molecular weight excluding hydrogens is 485 g/mol. The van der Waals surface area contributed by atoms with Gasteiger partial charge < -0.3 is 5.73 Å². The maximum absolute atomic E-state index is 12.7. The van der Waals surface area contributed by atoms with E-state index in [1.807, 2.05) is 24.3 Å². The van der Waals surface area contributed by atoms with Crippen molar-refractivity contribution in [2.75, 3.05) is 18.8 Å². The highest BCUT2D eigenvalue weighted by molar-refractivity contribution is 7.89. The Labute approximate surface area is 205 Å². The predicted octanol–water partition coefficient (Wildman–Crippen LogP) is 3.12. The second kappa shape index (κ2) is 10.1. The van der Waals surface area contributed by atoms with Gasteiger partial charge >= 0.3 is 0 Å². The summed E-state index contributed by atoms with van der Waals surface area (Å²) in [7, 11) is -3.67. The number of fused-ring (bicyclic) bond motifs is 1. The monoisotopic (exact) mass is 511 g/mol. The molecule has 33 heavy (non-hydrogen) atoms. The lowest BCUT2D eigenvalue weighted by atomic mass is 9.68. The van der Waals surface area contributed by atoms with Gasteiger partial charge in [-0.25, -0.2) is 13.1 Å². The molecule has 2 amide bonds. The molecule has 1 fully saturated rings. The molecule has 2 aromatic rings. The fraction of sp³-hybridized carbons (Fsp3) is 0.391. The third-order valence-electron chi connectivity index (χ3n) is 6.58. The van der Waals surface area contributed by atoms with E-state index in [1.54, 1.807) is 24.3 Å². The number of halogens is 2. The molecule has 1 aliphatic heterocycles. The van der Waals surface area contributed by atoms with E-state index in [1.165, 1.54) is 0 Å². The summed E-state index contributed by atoms with van der Waals surface area (Å²) in [5.41, 5.74) is 7.62. The third kappa shape index (κ3) is 5.25. The highest BCUT2D eigenvalue weighted by atomic mass is 35.5. The molecule has 2 aromatic carbocycles. The summed E-state index contributed by atoms with van der Waals surface area (Å²) in [6.07, 6.45) is 2.79. The van der Waals surface area contributed by atoms with Crippen LogP contribution in [0.2, 0.25) is 5.02 Å². The highest BCUT2D eigenvalue weighted by Gasteiger charge is 2.38. The van der Waals surface area contributed by atoms with Gasteiger partial charge in [-0.15, -0.1) is 12.4 Å². The summed E-state index contributed by atoms with van der Waals surface area (Å²) in [5, 5.41) is 0.659. The number of carbonyl (C=O) groups excluding carboxylic acids is 2. The van der Waals surface area contributed by atoms with Crippen LogP contribution in [-0.4, -0.2) is 50.0 Å². The molecular formula is C23H27Cl2N3O4S. The van der Waals surface area contributed by atoms with Crippen LogP contribution in [0.1, 0.15) is 52.0 Å². The van der Waals surface area contributed by atoms with Crippen LogP contribution in [0.4, 0.5) is 0 Å². The van der Waals surface area contributed by atoms with Crippen LogP contribution in [0.5, 0.6) is 0 Å². The maximum atomic E-state index is 12.7. The average Bonchev–Trinajstić information content (AvgIpc) is 3.03. The Morgan fingerprint density at radius 2 is 1.64 bits per heavy atom. The quantitative estimate of drug-likeness (QED) is 0.554. The summed E-state index contributed by atoms with van der Waals surface area (Å²) >= 11 is 6.15. The first-order valence-corrected chi connectivity index (χ1v) is 12.7. The molecule has 3 N–H and O–H groups in total. The van der Waals surface area contributed by atoms with Crippen molar-refractivity contribution in [1.82, 2.24) is 9.62 Å². The first-order chi connectivity index (χ1) is 15.2. The average molecular weight is 512 g/mol. The SMILES string of the molecule is Cl.NCC1(c2cccc(Cl)c2)CCC(NS(=O)(=O)CCN2C(=O)c3ccccc3C2=O)CC1. The van der Waals surface area contributed by atoms with Crippen molar-refractivity contribution in [3.63, 3.8) is 0 Å². The van der Waals surface area contributed by atoms with E-state index in [0.29, 0.717) is 35.5 Å². The van der Waals surface area contributed by atoms with Crippen molar-refractivity contribution < 1.29 is 18.0 Å². The van der Waals surface area contributed by atoms with Gasteiger partial charge in [-0.05, 0) is 55.5 Å². The normalized spacial score (nSPS) is 22.7. The van der Waals surface area contributed by atoms with E-state index in [0.717, 1.165) is 23.3 Å². The maximum Gasteiger partial charge on any atom is 0.261 e. The number of nitrogens with zero attached hydrogens (tertiary/aromatic N) is 1. The van der Waals surface area contributed by atoms with E-state index in [2.05, 4.69) is 4.72 Å². The Balaban J connectivity index is 0.00000306. The lowest BCUT2D eigenvalue weighted by molar-refractivity contribution is 0.0664. The zero-order valence-corrected chi connectivity index (χ0v) is 20.4. The van der Waals surface area contributed by atoms with Crippen LogP contribution in [0.25, 0.3) is 0 Å². The first-order valence-electron chi connectivity index (χ1n) is 10.7. The van der Waals surface area contributed by atoms with Crippen molar-refractivity contribution in [1.29, 1.82) is 0 Å². The number of amides is 2. The topological polar surface area (TPSA) is 110 Å². The van der Waals surface area contributed by atoms with E-state index >= 15 is 0 Å². The molecule has 4 rings (SSSR count). The number of nitrogens with two attached hydrogens (primary N) is 1. The molecule has 0 radical (unpaired) electrons. The number of hydrogen-bond donors (Lipinski definition) is 2. The number of hydrogen-bond acceptors (Lipinski definition) is 5. The summed E-state index contributed by atoms with van der Waals surface area (Å²) in [6.45, 7) is 0.288. The van der Waals surface area contributed by atoms with E-state index in [-0.39, 0.29) is 36.2 Å². The third-order valence-corrected chi connectivity index (χ3v) is 8.23. The zero-order chi connectivity index (χ0) is 22.9. The minimum absolute atomic E-state index is 0. The minimum Gasteiger partial charge on any atom is -0.330 e. The molecule has 0 saturated heterocycles. The van der Waals surface area contributed by atoms with Gasteiger partial charge in [-0.2, -0.15) is 0 Å². The van der Waals surface area contributed by atoms with Crippen molar-refractivity contribution in [3.05, 3.63) is 70.2 Å². The molecule has 0 spiro atoms. The van der Waals surface area contributed by atoms with E-state index in [9.17, 15) is 18.0 Å². The van der Waals surface area contributed by atoms with Crippen molar-refractivity contribution in [2.45, 2.75) is 37.1 Å². The summed E-state index contributed by atoms with van der Waals surface area (Å²) in [4.78, 5) is 25.9. The number of nitrogens with one attached hydrogen (secondary N) is 1. The van der Waals surface area contributed by atoms with Crippen molar-refractivity contribution in [2.24, 2.45) is 5.73 Å². The Kier molecular flexibility index (Phi) is 7.86. The van der Waals surface area contributed by atoms with Crippen LogP contribution in [0.15, 0.2) is 48.5 Å². The number of sulfonamides is 1. The van der Waals surface area contributed by atoms with Gasteiger partial charge in [0, 0.05) is 29.6 Å². The standard InChI is InChI=1S/C23H26ClN3O4S.ClH/c24-17-5-3-4-16(14-17)23(15-25)10-8-18(9-11-23)26-32(30,31)13-12-27-21(28)19-6-1-2-7-20(19)22(27)29;/h1-7,14,18,26H,8-13,15,25H2;1H. The largest absolute Gasteiger partial charge is 0.330 e. The van der Waals surface area contributed by atoms with Gasteiger partial charge in [0.1, 0.15) is 0 Å². The predicted molar refractivity (Wildman–Crippen MR) is 130 cm³/mol. The fourth-order valence-electron chi connectivity index (χ4n) is 4.68. The molecule has 0 atom stereocenters. The summed E-state index contributed by atoms with van der Waals surface area (Å²) in [6, 6.07) is 14.0. The Hall–Kier alpha value is -1.97. The van der Waals surface area contributed by atoms with Crippen LogP contribution in [-0.2, 0) is 15.4 Å². The van der Waals surface area contributed by atoms with Crippen molar-refractivity contribution in [3.8, 4) is 0 Å². The second-order valence-electron chi connectivity index (χ2n) is 8.51. The molecule has 2 aliphatic rings. The summed E-state index contributed by atoms with van der Waals surface area (Å²) < 4.78 is 28.1. The van der Waals surface area contributed by atoms with Gasteiger partial charge in [-0.3, -0.25) is 14.5 Å². The minimum atomic E-state index is -3.67. The Morgan fingerprint density at radius 1 is 1.03 bits per heavy atom. The number of benzene rings is 2. The Morgan fingerprint density at radius 3 is 2.18 bits per heavy atom. The molecule has 7 nitrogen and oxygen atoms in total. The molecule has 1 aliphatic carbocycles. The first kappa shape index (κ1) is 25.6. The molecule has 178 valence electrons. The zero-order valence-electron chi connectivity index (χ0n) is 18.0. The summed E-state index contributed by atoms with van der Waals surface area (Å²) in [5.74, 6) is -1.23. The van der Waals surface area contributed by atoms with Crippen LogP contribution in [0, 0.1) is 0 Å². The van der Waals surface area contributed by atoms with E-state index < -0.39 is 21.8 Å². The molecule has 1 saturated carbocycles. The number of carbonyl (C=O) groups is 2. The van der Waals surface area contributed by atoms with Gasteiger partial charge in [0.05, 0.1) is 16.9 Å². The van der Waals surface area contributed by atoms with Crippen LogP contribution < -0.4 is 10.5 Å². The van der Waals surface area contributed by atoms with E-state index in [4.69, 9.17) is 17.3 Å². The Bertz CT molecular complexity index is 1110. The van der Waals surface area contributed by atoms with Gasteiger partial charge in [0.2, 0.25) is 10.0 Å². The lowest BCUT2D eigenvalue weighted by Gasteiger charge is -2.40. The molecule has 1 heterocycles. The number of rotatable bonds is 7. The van der Waals surface area contributed by atoms with Gasteiger partial charge in [0.25, 0.3) is 11.8 Å². The molecule has 0 bridgehead atoms. The second-order valence-corrected chi connectivity index (χ2v) is 10.8. The number of imide groups is 1. The van der Waals surface area contributed by atoms with Gasteiger partial charge in [-0.1, -0.05) is 35.9 Å². The lowest BCUT2D eigenvalue weighted by Crippen LogP contribution is -2.46. The smallest absolute Gasteiger partial charge is 0.261 e. The molecule has 0 unspecified atom stereocenters. The molecule has 10 heteroatoms. The van der Waals surface area contributed by atoms with Gasteiger partial charge in [0.15, 0.2) is 0 Å². The molecule has 0 aromatic heterocycles.